The van der Waals surface area contributed by atoms with Crippen molar-refractivity contribution in [2.24, 2.45) is 5.16 Å². The van der Waals surface area contributed by atoms with Crippen molar-refractivity contribution < 1.29 is 19.5 Å². The van der Waals surface area contributed by atoms with Crippen LogP contribution < -0.4 is 10.9 Å². The number of amides is 1. The average molecular weight is 418 g/mol. The third-order valence-corrected chi connectivity index (χ3v) is 4.86. The molecule has 3 rings (SSSR count). The van der Waals surface area contributed by atoms with E-state index < -0.39 is 5.91 Å². The maximum absolute atomic E-state index is 12.7. The third kappa shape index (κ3) is 3.33. The summed E-state index contributed by atoms with van der Waals surface area (Å²) in [7, 11) is 0. The highest BCUT2D eigenvalue weighted by molar-refractivity contribution is 9.10. The molecule has 3 aromatic rings. The number of halogens is 1. The lowest BCUT2D eigenvalue weighted by atomic mass is 10.1. The van der Waals surface area contributed by atoms with Crippen LogP contribution in [0.15, 0.2) is 44.5 Å². The van der Waals surface area contributed by atoms with Gasteiger partial charge in [-0.25, -0.2) is 0 Å². The van der Waals surface area contributed by atoms with E-state index in [4.69, 9.17) is 4.42 Å². The van der Waals surface area contributed by atoms with E-state index in [-0.39, 0.29) is 17.7 Å². The van der Waals surface area contributed by atoms with Crippen molar-refractivity contribution >= 4 is 38.5 Å². The zero-order valence-electron chi connectivity index (χ0n) is 14.1. The molecular formula is C18H16BrN3O4. The van der Waals surface area contributed by atoms with E-state index in [1.54, 1.807) is 13.0 Å². The second kappa shape index (κ2) is 7.27. The molecule has 0 spiro atoms. The lowest BCUT2D eigenvalue weighted by Gasteiger charge is -2.10. The fourth-order valence-electron chi connectivity index (χ4n) is 2.57. The number of carbonyl (C=O) groups is 1. The number of carbonyl (C=O) groups excluding carboxylic acids is 1. The van der Waals surface area contributed by atoms with E-state index >= 15 is 0 Å². The molecule has 0 atom stereocenters. The fraction of sp³-hybridized carbons (Fsp3) is 0.167. The van der Waals surface area contributed by atoms with Crippen LogP contribution in [0.2, 0.25) is 0 Å². The Hall–Kier alpha value is -2.71. The molecule has 0 bridgehead atoms. The van der Waals surface area contributed by atoms with Crippen LogP contribution in [-0.2, 0) is 6.61 Å². The van der Waals surface area contributed by atoms with E-state index in [0.29, 0.717) is 27.9 Å². The van der Waals surface area contributed by atoms with Gasteiger partial charge in [0.25, 0.3) is 11.5 Å². The van der Waals surface area contributed by atoms with Crippen LogP contribution >= 0.6 is 15.9 Å². The number of aryl methyl sites for hydroxylation is 2. The molecule has 26 heavy (non-hydrogen) atoms. The minimum atomic E-state index is -0.497. The predicted octanol–water partition coefficient (Wildman–Crippen LogP) is 3.24. The molecule has 2 aromatic heterocycles. The summed E-state index contributed by atoms with van der Waals surface area (Å²) in [6.07, 6.45) is 1.52. The van der Waals surface area contributed by atoms with Crippen molar-refractivity contribution in [3.8, 4) is 0 Å². The number of nitrogens with zero attached hydrogens (tertiary/aromatic N) is 2. The number of pyridine rings is 1. The highest BCUT2D eigenvalue weighted by atomic mass is 79.9. The molecule has 1 aromatic carbocycles. The largest absolute Gasteiger partial charge is 0.433 e. The van der Waals surface area contributed by atoms with Gasteiger partial charge >= 0.3 is 0 Å². The van der Waals surface area contributed by atoms with Gasteiger partial charge in [0, 0.05) is 27.3 Å². The van der Waals surface area contributed by atoms with E-state index in [2.05, 4.69) is 31.4 Å². The van der Waals surface area contributed by atoms with Gasteiger partial charge in [-0.05, 0) is 48.8 Å². The molecule has 0 aliphatic carbocycles. The average Bonchev–Trinajstić information content (AvgIpc) is 2.64. The van der Waals surface area contributed by atoms with E-state index in [1.165, 1.54) is 12.3 Å². The second-order valence-electron chi connectivity index (χ2n) is 5.75. The van der Waals surface area contributed by atoms with Crippen molar-refractivity contribution in [2.75, 3.05) is 5.32 Å². The van der Waals surface area contributed by atoms with Crippen LogP contribution in [0.25, 0.3) is 11.0 Å². The molecule has 0 saturated carbocycles. The lowest BCUT2D eigenvalue weighted by Crippen LogP contribution is -2.22. The molecular weight excluding hydrogens is 402 g/mol. The predicted molar refractivity (Wildman–Crippen MR) is 98.9 cm³/mol. The summed E-state index contributed by atoms with van der Waals surface area (Å²) in [5.74, 6) is -0.497. The van der Waals surface area contributed by atoms with Crippen LogP contribution in [0.1, 0.15) is 27.2 Å². The van der Waals surface area contributed by atoms with Gasteiger partial charge in [-0.3, -0.25) is 9.78 Å². The van der Waals surface area contributed by atoms with Gasteiger partial charge in [0.15, 0.2) is 5.58 Å². The zero-order valence-corrected chi connectivity index (χ0v) is 15.7. The number of aliphatic hydroxyl groups is 1. The molecule has 0 fully saturated rings. The van der Waals surface area contributed by atoms with Crippen molar-refractivity contribution in [3.05, 3.63) is 62.9 Å². The third-order valence-electron chi connectivity index (χ3n) is 3.97. The number of nitrogens with one attached hydrogen (secondary N) is 1. The number of hydrogen-bond acceptors (Lipinski definition) is 6. The summed E-state index contributed by atoms with van der Waals surface area (Å²) in [4.78, 5) is 16.8. The van der Waals surface area contributed by atoms with E-state index in [9.17, 15) is 15.1 Å². The van der Waals surface area contributed by atoms with Crippen molar-refractivity contribution in [1.29, 1.82) is 0 Å². The highest BCUT2D eigenvalue weighted by Crippen LogP contribution is 2.22. The molecule has 1 amide bonds. The Bertz CT molecular complexity index is 1080. The summed E-state index contributed by atoms with van der Waals surface area (Å²) < 4.78 is 6.49. The Kier molecular flexibility index (Phi) is 5.06. The van der Waals surface area contributed by atoms with Gasteiger partial charge in [-0.15, -0.1) is 0 Å². The number of fused-ring (bicyclic) bond motifs is 1. The monoisotopic (exact) mass is 417 g/mol. The van der Waals surface area contributed by atoms with Gasteiger partial charge in [0.1, 0.15) is 5.56 Å². The first kappa shape index (κ1) is 18.1. The minimum Gasteiger partial charge on any atom is -0.433 e. The van der Waals surface area contributed by atoms with E-state index in [1.807, 2.05) is 19.1 Å². The van der Waals surface area contributed by atoms with Crippen molar-refractivity contribution in [1.82, 2.24) is 4.98 Å². The second-order valence-corrected chi connectivity index (χ2v) is 6.61. The van der Waals surface area contributed by atoms with Crippen LogP contribution in [-0.4, -0.2) is 21.2 Å². The molecule has 0 aliphatic rings. The number of aliphatic hydroxyl groups excluding tert-OH is 1. The maximum atomic E-state index is 12.7. The fourth-order valence-corrected chi connectivity index (χ4v) is 2.82. The summed E-state index contributed by atoms with van der Waals surface area (Å²) in [5.41, 5.74) is 2.77. The number of rotatable bonds is 3. The molecule has 0 unspecified atom stereocenters. The molecule has 8 heteroatoms. The van der Waals surface area contributed by atoms with Crippen molar-refractivity contribution in [2.45, 2.75) is 20.5 Å². The van der Waals surface area contributed by atoms with Crippen LogP contribution in [0.4, 0.5) is 5.69 Å². The van der Waals surface area contributed by atoms with Crippen LogP contribution in [0.5, 0.6) is 0 Å². The van der Waals surface area contributed by atoms with Gasteiger partial charge < -0.3 is 20.0 Å². The summed E-state index contributed by atoms with van der Waals surface area (Å²) >= 11 is 3.41. The van der Waals surface area contributed by atoms with E-state index in [0.717, 1.165) is 10.0 Å². The molecule has 7 nitrogen and oxygen atoms in total. The van der Waals surface area contributed by atoms with Crippen LogP contribution in [0.3, 0.4) is 0 Å². The summed E-state index contributed by atoms with van der Waals surface area (Å²) in [6, 6.07) is 6.90. The van der Waals surface area contributed by atoms with Gasteiger partial charge in [-0.2, -0.15) is 0 Å². The first-order chi connectivity index (χ1) is 12.4. The number of benzene rings is 1. The number of anilines is 1. The molecule has 0 saturated heterocycles. The smallest absolute Gasteiger partial charge is 0.268 e. The Morgan fingerprint density at radius 1 is 1.35 bits per heavy atom. The van der Waals surface area contributed by atoms with Gasteiger partial charge in [-0.1, -0.05) is 15.9 Å². The van der Waals surface area contributed by atoms with Crippen molar-refractivity contribution in [3.63, 3.8) is 0 Å². The molecule has 134 valence electrons. The topological polar surface area (TPSA) is 108 Å². The minimum absolute atomic E-state index is 0.0425. The molecule has 0 radical (unpaired) electrons. The SMILES string of the molecule is Cc1cc(NC(=O)c2cc3c(CO)cnc(C)c3oc2=NO)ccc1Br. The normalized spacial score (nSPS) is 11.8. The Morgan fingerprint density at radius 3 is 2.77 bits per heavy atom. The zero-order chi connectivity index (χ0) is 18.8. The Labute approximate surface area is 157 Å². The molecule has 0 aliphatic heterocycles. The first-order valence-electron chi connectivity index (χ1n) is 7.73. The highest BCUT2D eigenvalue weighted by Gasteiger charge is 2.16. The Morgan fingerprint density at radius 2 is 2.12 bits per heavy atom. The summed E-state index contributed by atoms with van der Waals surface area (Å²) in [6.45, 7) is 3.36. The Balaban J connectivity index is 2.11. The number of aromatic nitrogens is 1. The summed E-state index contributed by atoms with van der Waals surface area (Å²) in [5, 5.41) is 25.1. The lowest BCUT2D eigenvalue weighted by molar-refractivity contribution is 0.102. The van der Waals surface area contributed by atoms with Crippen LogP contribution in [0, 0.1) is 13.8 Å². The quantitative estimate of drug-likeness (QED) is 0.447. The van der Waals surface area contributed by atoms with Gasteiger partial charge in [0.05, 0.1) is 12.3 Å². The maximum Gasteiger partial charge on any atom is 0.268 e. The number of hydrogen-bond donors (Lipinski definition) is 3. The molecule has 3 N–H and O–H groups in total. The molecule has 2 heterocycles. The van der Waals surface area contributed by atoms with Gasteiger partial charge in [0.2, 0.25) is 0 Å². The standard InChI is InChI=1S/C18H16BrN3O4/c1-9-5-12(3-4-15(9)19)21-17(24)14-6-13-11(8-23)7-20-10(2)16(13)26-18(14)22-25/h3-7,23,25H,8H2,1-2H3,(H,21,24). The first-order valence-corrected chi connectivity index (χ1v) is 8.52.